The van der Waals surface area contributed by atoms with Crippen molar-refractivity contribution in [1.29, 1.82) is 0 Å². The van der Waals surface area contributed by atoms with Gasteiger partial charge in [0, 0.05) is 10.6 Å². The van der Waals surface area contributed by atoms with Crippen molar-refractivity contribution in [3.63, 3.8) is 0 Å². The fourth-order valence-electron chi connectivity index (χ4n) is 2.51. The topological polar surface area (TPSA) is 55.4 Å². The summed E-state index contributed by atoms with van der Waals surface area (Å²) in [6.45, 7) is 0. The van der Waals surface area contributed by atoms with Gasteiger partial charge in [-0.2, -0.15) is 0 Å². The third-order valence-electron chi connectivity index (χ3n) is 3.75. The van der Waals surface area contributed by atoms with E-state index in [9.17, 15) is 0 Å². The lowest BCUT2D eigenvalue weighted by atomic mass is 10.3. The van der Waals surface area contributed by atoms with E-state index in [1.807, 2.05) is 24.3 Å². The number of methoxy groups -OCH3 is 6. The standard InChI is InChI=1S/C18H22ClO6P/c1-20-13-7-11(8-14(21-2)17(13)24-5)26(19)12-9-15(22-3)18(25-6)16(10-12)23-4/h7-10H,1-6H3. The molecule has 0 aliphatic carbocycles. The Labute approximate surface area is 159 Å². The molecule has 0 aromatic heterocycles. The van der Waals surface area contributed by atoms with Gasteiger partial charge in [-0.05, 0) is 24.3 Å². The van der Waals surface area contributed by atoms with Crippen molar-refractivity contribution < 1.29 is 28.4 Å². The zero-order valence-corrected chi connectivity index (χ0v) is 17.2. The molecule has 26 heavy (non-hydrogen) atoms. The molecule has 0 atom stereocenters. The maximum Gasteiger partial charge on any atom is 0.203 e. The number of ether oxygens (including phenoxy) is 6. The SMILES string of the molecule is COc1cc(P(Cl)c2cc(OC)c(OC)c(OC)c2)cc(OC)c1OC. The molecule has 0 N–H and O–H groups in total. The third kappa shape index (κ3) is 3.87. The van der Waals surface area contributed by atoms with E-state index in [2.05, 4.69) is 0 Å². The van der Waals surface area contributed by atoms with Crippen LogP contribution in [0.1, 0.15) is 0 Å². The second-order valence-electron chi connectivity index (χ2n) is 5.05. The molecule has 0 heterocycles. The Balaban J connectivity index is 2.57. The molecular formula is C18H22ClO6P. The molecule has 0 radical (unpaired) electrons. The quantitative estimate of drug-likeness (QED) is 0.634. The summed E-state index contributed by atoms with van der Waals surface area (Å²) in [6, 6.07) is 7.35. The van der Waals surface area contributed by atoms with Crippen LogP contribution in [0, 0.1) is 0 Å². The highest BCUT2D eigenvalue weighted by Crippen LogP contribution is 2.47. The smallest absolute Gasteiger partial charge is 0.203 e. The number of benzene rings is 2. The zero-order valence-electron chi connectivity index (χ0n) is 15.6. The summed E-state index contributed by atoms with van der Waals surface area (Å²) in [6.07, 6.45) is 0. The number of hydrogen-bond donors (Lipinski definition) is 0. The van der Waals surface area contributed by atoms with E-state index in [0.29, 0.717) is 34.5 Å². The molecule has 2 rings (SSSR count). The normalized spacial score (nSPS) is 10.5. The van der Waals surface area contributed by atoms with Crippen LogP contribution in [0.15, 0.2) is 24.3 Å². The summed E-state index contributed by atoms with van der Waals surface area (Å²) >= 11 is 6.80. The first-order valence-electron chi connectivity index (χ1n) is 7.60. The molecule has 0 amide bonds. The van der Waals surface area contributed by atoms with E-state index < -0.39 is 7.27 Å². The second kappa shape index (κ2) is 9.06. The van der Waals surface area contributed by atoms with Crippen LogP contribution in [0.3, 0.4) is 0 Å². The molecule has 0 saturated carbocycles. The molecule has 6 nitrogen and oxygen atoms in total. The molecule has 0 saturated heterocycles. The first-order valence-corrected chi connectivity index (χ1v) is 9.85. The Morgan fingerprint density at radius 2 is 0.808 bits per heavy atom. The van der Waals surface area contributed by atoms with Gasteiger partial charge in [0.15, 0.2) is 23.0 Å². The first-order chi connectivity index (χ1) is 12.5. The fourth-order valence-corrected chi connectivity index (χ4v) is 4.32. The van der Waals surface area contributed by atoms with Crippen molar-refractivity contribution >= 4 is 29.1 Å². The summed E-state index contributed by atoms with van der Waals surface area (Å²) < 4.78 is 32.4. The molecular weight excluding hydrogens is 379 g/mol. The molecule has 2 aromatic rings. The van der Waals surface area contributed by atoms with Crippen molar-refractivity contribution in [1.82, 2.24) is 0 Å². The summed E-state index contributed by atoms with van der Waals surface area (Å²) in [7, 11) is 8.13. The lowest BCUT2D eigenvalue weighted by Crippen LogP contribution is -2.11. The molecule has 8 heteroatoms. The molecule has 0 bridgehead atoms. The minimum atomic E-state index is -1.25. The van der Waals surface area contributed by atoms with E-state index in [4.69, 9.17) is 39.7 Å². The molecule has 0 aliphatic heterocycles. The second-order valence-corrected chi connectivity index (χ2v) is 7.66. The van der Waals surface area contributed by atoms with E-state index >= 15 is 0 Å². The lowest BCUT2D eigenvalue weighted by molar-refractivity contribution is 0.325. The minimum Gasteiger partial charge on any atom is -0.493 e. The van der Waals surface area contributed by atoms with Crippen molar-refractivity contribution in [2.75, 3.05) is 42.7 Å². The van der Waals surface area contributed by atoms with Crippen LogP contribution in [-0.2, 0) is 0 Å². The average molecular weight is 401 g/mol. The Bertz CT molecular complexity index is 654. The highest BCUT2D eigenvalue weighted by Gasteiger charge is 2.22. The van der Waals surface area contributed by atoms with Crippen LogP contribution >= 0.6 is 18.5 Å². The number of rotatable bonds is 8. The number of halogens is 1. The molecule has 0 spiro atoms. The molecule has 2 aromatic carbocycles. The monoisotopic (exact) mass is 400 g/mol. The Morgan fingerprint density at radius 3 is 1.00 bits per heavy atom. The van der Waals surface area contributed by atoms with Crippen molar-refractivity contribution in [3.05, 3.63) is 24.3 Å². The highest BCUT2D eigenvalue weighted by atomic mass is 35.7. The molecule has 0 aliphatic rings. The van der Waals surface area contributed by atoms with Crippen molar-refractivity contribution in [3.8, 4) is 34.5 Å². The van der Waals surface area contributed by atoms with Crippen molar-refractivity contribution in [2.45, 2.75) is 0 Å². The van der Waals surface area contributed by atoms with Crippen molar-refractivity contribution in [2.24, 2.45) is 0 Å². The van der Waals surface area contributed by atoms with Gasteiger partial charge in [0.25, 0.3) is 0 Å². The van der Waals surface area contributed by atoms with Gasteiger partial charge in [-0.25, -0.2) is 0 Å². The average Bonchev–Trinajstić information content (AvgIpc) is 2.70. The van der Waals surface area contributed by atoms with Gasteiger partial charge in [-0.1, -0.05) is 11.2 Å². The van der Waals surface area contributed by atoms with Gasteiger partial charge in [-0.15, -0.1) is 0 Å². The number of hydrogen-bond acceptors (Lipinski definition) is 6. The molecule has 0 fully saturated rings. The van der Waals surface area contributed by atoms with Gasteiger partial charge >= 0.3 is 0 Å². The van der Waals surface area contributed by atoms with Crippen LogP contribution in [0.25, 0.3) is 0 Å². The molecule has 0 unspecified atom stereocenters. The van der Waals surface area contributed by atoms with Crippen LogP contribution in [0.4, 0.5) is 0 Å². The maximum atomic E-state index is 6.80. The summed E-state index contributed by atoms with van der Waals surface area (Å²) in [4.78, 5) is 0. The highest BCUT2D eigenvalue weighted by molar-refractivity contribution is 7.95. The summed E-state index contributed by atoms with van der Waals surface area (Å²) in [5, 5.41) is 1.68. The van der Waals surface area contributed by atoms with E-state index in [1.54, 1.807) is 42.7 Å². The largest absolute Gasteiger partial charge is 0.493 e. The Morgan fingerprint density at radius 1 is 0.538 bits per heavy atom. The Kier molecular flexibility index (Phi) is 7.06. The van der Waals surface area contributed by atoms with Crippen LogP contribution < -0.4 is 39.0 Å². The maximum absolute atomic E-state index is 6.80. The predicted molar refractivity (Wildman–Crippen MR) is 104 cm³/mol. The van der Waals surface area contributed by atoms with Gasteiger partial charge in [-0.3, -0.25) is 0 Å². The van der Waals surface area contributed by atoms with Gasteiger partial charge in [0.05, 0.1) is 49.9 Å². The molecule has 142 valence electrons. The lowest BCUT2D eigenvalue weighted by Gasteiger charge is -2.19. The van der Waals surface area contributed by atoms with Crippen LogP contribution in [0.5, 0.6) is 34.5 Å². The minimum absolute atomic E-state index is 0.517. The van der Waals surface area contributed by atoms with E-state index in [1.165, 1.54) is 0 Å². The van der Waals surface area contributed by atoms with E-state index in [0.717, 1.165) is 10.6 Å². The predicted octanol–water partition coefficient (Wildman–Crippen LogP) is 3.32. The fraction of sp³-hybridized carbons (Fsp3) is 0.333. The van der Waals surface area contributed by atoms with Crippen LogP contribution in [0.2, 0.25) is 0 Å². The van der Waals surface area contributed by atoms with Gasteiger partial charge in [0.2, 0.25) is 11.5 Å². The Hall–Kier alpha value is -2.04. The first kappa shape index (κ1) is 20.3. The summed E-state index contributed by atoms with van der Waals surface area (Å²) in [5.74, 6) is 3.21. The van der Waals surface area contributed by atoms with E-state index in [-0.39, 0.29) is 0 Å². The zero-order chi connectivity index (χ0) is 19.3. The van der Waals surface area contributed by atoms with Gasteiger partial charge in [0.1, 0.15) is 0 Å². The third-order valence-corrected chi connectivity index (χ3v) is 6.35. The van der Waals surface area contributed by atoms with Gasteiger partial charge < -0.3 is 28.4 Å². The van der Waals surface area contributed by atoms with Crippen LogP contribution in [-0.4, -0.2) is 42.7 Å². The summed E-state index contributed by atoms with van der Waals surface area (Å²) in [5.41, 5.74) is 0.